The molecule has 1 aromatic heterocycles. The lowest BCUT2D eigenvalue weighted by Gasteiger charge is -2.24. The molecule has 1 aliphatic rings. The minimum absolute atomic E-state index is 0.0537. The fourth-order valence-electron chi connectivity index (χ4n) is 3.54. The molecule has 1 heterocycles. The van der Waals surface area contributed by atoms with Crippen LogP contribution in [0, 0.1) is 6.92 Å². The number of hydrogen-bond donors (Lipinski definition) is 2. The van der Waals surface area contributed by atoms with Crippen molar-refractivity contribution in [3.63, 3.8) is 0 Å². The molecule has 1 aromatic carbocycles. The number of rotatable bonds is 4. The predicted octanol–water partition coefficient (Wildman–Crippen LogP) is 2.52. The third kappa shape index (κ3) is 2.96. The summed E-state index contributed by atoms with van der Waals surface area (Å²) in [7, 11) is 1.85. The zero-order chi connectivity index (χ0) is 16.6. The van der Waals surface area contributed by atoms with Gasteiger partial charge in [0.1, 0.15) is 5.69 Å². The first-order valence-corrected chi connectivity index (χ1v) is 8.14. The van der Waals surface area contributed by atoms with E-state index in [1.54, 1.807) is 0 Å². The first-order chi connectivity index (χ1) is 11.0. The number of carbonyl (C=O) groups excluding carboxylic acids is 2. The van der Waals surface area contributed by atoms with Gasteiger partial charge in [0.05, 0.1) is 6.42 Å². The van der Waals surface area contributed by atoms with Crippen molar-refractivity contribution in [2.45, 2.75) is 45.1 Å². The number of amides is 2. The summed E-state index contributed by atoms with van der Waals surface area (Å²) in [6.45, 7) is 1.99. The lowest BCUT2D eigenvalue weighted by atomic mass is 10.0. The normalized spacial score (nSPS) is 15.2. The van der Waals surface area contributed by atoms with E-state index in [1.165, 1.54) is 12.8 Å². The summed E-state index contributed by atoms with van der Waals surface area (Å²) in [6.07, 6.45) is 4.51. The number of nitrogens with zero attached hydrogens (tertiary/aromatic N) is 1. The molecule has 0 radical (unpaired) electrons. The van der Waals surface area contributed by atoms with E-state index in [9.17, 15) is 9.59 Å². The highest BCUT2D eigenvalue weighted by atomic mass is 16.2. The number of primary amides is 1. The zero-order valence-electron chi connectivity index (χ0n) is 13.7. The number of aromatic nitrogens is 1. The van der Waals surface area contributed by atoms with Gasteiger partial charge in [-0.25, -0.2) is 0 Å². The highest BCUT2D eigenvalue weighted by Gasteiger charge is 2.28. The van der Waals surface area contributed by atoms with Crippen molar-refractivity contribution in [2.75, 3.05) is 7.05 Å². The summed E-state index contributed by atoms with van der Waals surface area (Å²) in [5, 5.41) is 0.909. The highest BCUT2D eigenvalue weighted by molar-refractivity contribution is 6.03. The van der Waals surface area contributed by atoms with Gasteiger partial charge in [-0.15, -0.1) is 0 Å². The van der Waals surface area contributed by atoms with E-state index in [4.69, 9.17) is 5.73 Å². The van der Waals surface area contributed by atoms with Crippen molar-refractivity contribution in [3.05, 3.63) is 35.0 Å². The molecule has 23 heavy (non-hydrogen) atoms. The van der Waals surface area contributed by atoms with E-state index in [0.29, 0.717) is 11.3 Å². The molecule has 2 aromatic rings. The third-order valence-electron chi connectivity index (χ3n) is 4.82. The number of benzene rings is 1. The van der Waals surface area contributed by atoms with Crippen LogP contribution in [0.2, 0.25) is 0 Å². The van der Waals surface area contributed by atoms with Crippen molar-refractivity contribution < 1.29 is 9.59 Å². The summed E-state index contributed by atoms with van der Waals surface area (Å²) in [4.78, 5) is 29.4. The molecule has 0 atom stereocenters. The quantitative estimate of drug-likeness (QED) is 0.909. The van der Waals surface area contributed by atoms with E-state index in [1.807, 2.05) is 37.1 Å². The molecule has 3 rings (SSSR count). The van der Waals surface area contributed by atoms with E-state index < -0.39 is 5.91 Å². The second-order valence-corrected chi connectivity index (χ2v) is 6.53. The van der Waals surface area contributed by atoms with Crippen LogP contribution in [0.5, 0.6) is 0 Å². The minimum atomic E-state index is -0.426. The van der Waals surface area contributed by atoms with Crippen LogP contribution in [0.3, 0.4) is 0 Å². The number of H-pyrrole nitrogens is 1. The van der Waals surface area contributed by atoms with E-state index >= 15 is 0 Å². The molecule has 2 amide bonds. The average Bonchev–Trinajstić information content (AvgIpc) is 3.14. The number of nitrogens with one attached hydrogen (secondary N) is 1. The second kappa shape index (κ2) is 6.07. The number of aromatic amines is 1. The molecule has 5 nitrogen and oxygen atoms in total. The standard InChI is InChI=1S/C18H23N3O2/c1-11-7-8-15-13(9-11)14(10-16(19)22)17(20-15)18(23)21(2)12-5-3-4-6-12/h7-9,12,20H,3-6,10H2,1-2H3,(H2,19,22). The highest BCUT2D eigenvalue weighted by Crippen LogP contribution is 2.28. The maximum atomic E-state index is 12.9. The fraction of sp³-hybridized carbons (Fsp3) is 0.444. The lowest BCUT2D eigenvalue weighted by Crippen LogP contribution is -2.36. The Morgan fingerprint density at radius 3 is 2.65 bits per heavy atom. The van der Waals surface area contributed by atoms with Crippen LogP contribution in [-0.2, 0) is 11.2 Å². The molecule has 3 N–H and O–H groups in total. The van der Waals surface area contributed by atoms with Gasteiger partial charge < -0.3 is 15.6 Å². The summed E-state index contributed by atoms with van der Waals surface area (Å²) in [5.74, 6) is -0.480. The van der Waals surface area contributed by atoms with Gasteiger partial charge in [0.2, 0.25) is 5.91 Å². The van der Waals surface area contributed by atoms with Gasteiger partial charge >= 0.3 is 0 Å². The summed E-state index contributed by atoms with van der Waals surface area (Å²) in [5.41, 5.74) is 8.57. The molecule has 0 saturated heterocycles. The number of carbonyl (C=O) groups is 2. The number of nitrogens with two attached hydrogens (primary N) is 1. The number of aryl methyl sites for hydroxylation is 1. The van der Waals surface area contributed by atoms with Crippen LogP contribution >= 0.6 is 0 Å². The average molecular weight is 313 g/mol. The van der Waals surface area contributed by atoms with Crippen molar-refractivity contribution in [2.24, 2.45) is 5.73 Å². The van der Waals surface area contributed by atoms with Crippen LogP contribution in [0.15, 0.2) is 18.2 Å². The van der Waals surface area contributed by atoms with Gasteiger partial charge in [0.25, 0.3) is 5.91 Å². The summed E-state index contributed by atoms with van der Waals surface area (Å²) < 4.78 is 0. The van der Waals surface area contributed by atoms with Gasteiger partial charge in [-0.2, -0.15) is 0 Å². The van der Waals surface area contributed by atoms with Crippen LogP contribution in [-0.4, -0.2) is 34.8 Å². The van der Waals surface area contributed by atoms with Crippen LogP contribution < -0.4 is 5.73 Å². The predicted molar refractivity (Wildman–Crippen MR) is 90.3 cm³/mol. The summed E-state index contributed by atoms with van der Waals surface area (Å²) >= 11 is 0. The van der Waals surface area contributed by atoms with Gasteiger partial charge in [-0.1, -0.05) is 24.5 Å². The Morgan fingerprint density at radius 2 is 2.00 bits per heavy atom. The molecule has 1 aliphatic carbocycles. The Balaban J connectivity index is 2.04. The smallest absolute Gasteiger partial charge is 0.270 e. The molecule has 0 aliphatic heterocycles. The molecule has 1 fully saturated rings. The first-order valence-electron chi connectivity index (χ1n) is 8.14. The zero-order valence-corrected chi connectivity index (χ0v) is 13.7. The Kier molecular flexibility index (Phi) is 4.11. The second-order valence-electron chi connectivity index (χ2n) is 6.53. The minimum Gasteiger partial charge on any atom is -0.369 e. The largest absolute Gasteiger partial charge is 0.369 e. The molecular weight excluding hydrogens is 290 g/mol. The maximum absolute atomic E-state index is 12.9. The molecule has 0 spiro atoms. The van der Waals surface area contributed by atoms with Crippen LogP contribution in [0.1, 0.15) is 47.3 Å². The molecule has 0 unspecified atom stereocenters. The van der Waals surface area contributed by atoms with Crippen molar-refractivity contribution in [3.8, 4) is 0 Å². The van der Waals surface area contributed by atoms with E-state index in [0.717, 1.165) is 29.3 Å². The Morgan fingerprint density at radius 1 is 1.30 bits per heavy atom. The molecule has 5 heteroatoms. The van der Waals surface area contributed by atoms with Crippen LogP contribution in [0.25, 0.3) is 10.9 Å². The van der Waals surface area contributed by atoms with Crippen molar-refractivity contribution >= 4 is 22.7 Å². The molecular formula is C18H23N3O2. The Labute approximate surface area is 135 Å². The van der Waals surface area contributed by atoms with E-state index in [2.05, 4.69) is 4.98 Å². The van der Waals surface area contributed by atoms with Crippen molar-refractivity contribution in [1.82, 2.24) is 9.88 Å². The SMILES string of the molecule is Cc1ccc2[nH]c(C(=O)N(C)C3CCCC3)c(CC(N)=O)c2c1. The molecule has 0 bridgehead atoms. The van der Waals surface area contributed by atoms with E-state index in [-0.39, 0.29) is 18.4 Å². The topological polar surface area (TPSA) is 79.2 Å². The Hall–Kier alpha value is -2.30. The fourth-order valence-corrected chi connectivity index (χ4v) is 3.54. The lowest BCUT2D eigenvalue weighted by molar-refractivity contribution is -0.117. The third-order valence-corrected chi connectivity index (χ3v) is 4.82. The number of hydrogen-bond acceptors (Lipinski definition) is 2. The number of fused-ring (bicyclic) bond motifs is 1. The monoisotopic (exact) mass is 313 g/mol. The van der Waals surface area contributed by atoms with Gasteiger partial charge in [-0.05, 0) is 37.5 Å². The van der Waals surface area contributed by atoms with Gasteiger partial charge in [-0.3, -0.25) is 9.59 Å². The summed E-state index contributed by atoms with van der Waals surface area (Å²) in [6, 6.07) is 6.22. The Bertz CT molecular complexity index is 757. The van der Waals surface area contributed by atoms with Crippen molar-refractivity contribution in [1.29, 1.82) is 0 Å². The van der Waals surface area contributed by atoms with Gasteiger partial charge in [0, 0.05) is 24.0 Å². The maximum Gasteiger partial charge on any atom is 0.270 e. The first kappa shape index (κ1) is 15.6. The molecule has 1 saturated carbocycles. The van der Waals surface area contributed by atoms with Crippen LogP contribution in [0.4, 0.5) is 0 Å². The van der Waals surface area contributed by atoms with Gasteiger partial charge in [0.15, 0.2) is 0 Å². The molecule has 122 valence electrons.